The first kappa shape index (κ1) is 20.4. The van der Waals surface area contributed by atoms with Gasteiger partial charge in [0, 0.05) is 11.6 Å². The average molecular weight is 459 g/mol. The van der Waals surface area contributed by atoms with E-state index in [9.17, 15) is 4.79 Å². The molecule has 6 nitrogen and oxygen atoms in total. The van der Waals surface area contributed by atoms with Gasteiger partial charge in [0.1, 0.15) is 12.3 Å². The second-order valence-corrected chi connectivity index (χ2v) is 8.20. The first-order chi connectivity index (χ1) is 14.0. The summed E-state index contributed by atoms with van der Waals surface area (Å²) < 4.78 is 16.3. The fraction of sp³-hybridized carbons (Fsp3) is 0.350. The molecule has 0 radical (unpaired) electrons. The van der Waals surface area contributed by atoms with Crippen molar-refractivity contribution in [2.75, 3.05) is 39.6 Å². The molecule has 1 saturated heterocycles. The summed E-state index contributed by atoms with van der Waals surface area (Å²) in [7, 11) is 0. The summed E-state index contributed by atoms with van der Waals surface area (Å²) in [5.74, 6) is 1.87. The quantitative estimate of drug-likeness (QED) is 0.700. The minimum Gasteiger partial charge on any atom is -0.482 e. The predicted molar refractivity (Wildman–Crippen MR) is 111 cm³/mol. The summed E-state index contributed by atoms with van der Waals surface area (Å²) in [5.41, 5.74) is 1.20. The number of piperazine rings is 1. The summed E-state index contributed by atoms with van der Waals surface area (Å²) >= 11 is 18.0. The van der Waals surface area contributed by atoms with Crippen LogP contribution in [0, 0.1) is 0 Å². The lowest BCUT2D eigenvalue weighted by molar-refractivity contribution is -0.917. The van der Waals surface area contributed by atoms with Crippen LogP contribution in [-0.2, 0) is 11.3 Å². The number of quaternary nitrogens is 1. The lowest BCUT2D eigenvalue weighted by atomic mass is 10.1. The van der Waals surface area contributed by atoms with Crippen LogP contribution in [0.2, 0.25) is 15.1 Å². The van der Waals surface area contributed by atoms with E-state index in [1.807, 2.05) is 17.0 Å². The van der Waals surface area contributed by atoms with Crippen molar-refractivity contribution in [2.24, 2.45) is 0 Å². The van der Waals surface area contributed by atoms with Crippen molar-refractivity contribution < 1.29 is 23.9 Å². The third kappa shape index (κ3) is 4.83. The number of carbonyl (C=O) groups excluding carboxylic acids is 1. The summed E-state index contributed by atoms with van der Waals surface area (Å²) in [4.78, 5) is 15.7. The number of benzene rings is 2. The molecule has 1 N–H and O–H groups in total. The Morgan fingerprint density at radius 2 is 1.72 bits per heavy atom. The number of fused-ring (bicyclic) bond motifs is 1. The van der Waals surface area contributed by atoms with Crippen LogP contribution in [0.25, 0.3) is 0 Å². The highest BCUT2D eigenvalue weighted by Crippen LogP contribution is 2.34. The number of nitrogens with zero attached hydrogens (tertiary/aromatic N) is 1. The fourth-order valence-corrected chi connectivity index (χ4v) is 4.03. The van der Waals surface area contributed by atoms with Crippen LogP contribution in [0.5, 0.6) is 17.2 Å². The zero-order valence-corrected chi connectivity index (χ0v) is 17.8. The zero-order valence-electron chi connectivity index (χ0n) is 15.6. The van der Waals surface area contributed by atoms with Crippen molar-refractivity contribution >= 4 is 40.7 Å². The Bertz CT molecular complexity index is 917. The van der Waals surface area contributed by atoms with Gasteiger partial charge < -0.3 is 24.0 Å². The Kier molecular flexibility index (Phi) is 6.25. The second kappa shape index (κ2) is 8.88. The van der Waals surface area contributed by atoms with Crippen LogP contribution in [0.1, 0.15) is 5.56 Å². The van der Waals surface area contributed by atoms with Crippen molar-refractivity contribution in [3.8, 4) is 17.2 Å². The van der Waals surface area contributed by atoms with Crippen LogP contribution in [-0.4, -0.2) is 50.4 Å². The molecule has 0 aliphatic carbocycles. The molecule has 1 amide bonds. The van der Waals surface area contributed by atoms with Crippen LogP contribution < -0.4 is 19.1 Å². The topological polar surface area (TPSA) is 52.4 Å². The SMILES string of the molecule is O=C(COc1cc(Cl)c(Cl)cc1Cl)N1CC[NH+](Cc2ccc3c(c2)OCO3)CC1. The highest BCUT2D eigenvalue weighted by atomic mass is 35.5. The monoisotopic (exact) mass is 457 g/mol. The van der Waals surface area contributed by atoms with Gasteiger partial charge in [-0.25, -0.2) is 0 Å². The Hall–Kier alpha value is -1.86. The van der Waals surface area contributed by atoms with Gasteiger partial charge >= 0.3 is 0 Å². The molecule has 0 unspecified atom stereocenters. The van der Waals surface area contributed by atoms with Crippen LogP contribution in [0.3, 0.4) is 0 Å². The molecule has 2 heterocycles. The van der Waals surface area contributed by atoms with E-state index in [0.717, 1.165) is 31.1 Å². The first-order valence-corrected chi connectivity index (χ1v) is 10.4. The maximum absolute atomic E-state index is 12.5. The van der Waals surface area contributed by atoms with Gasteiger partial charge in [0.25, 0.3) is 5.91 Å². The number of hydrogen-bond acceptors (Lipinski definition) is 4. The molecule has 0 saturated carbocycles. The van der Waals surface area contributed by atoms with Gasteiger partial charge in [-0.3, -0.25) is 4.79 Å². The maximum Gasteiger partial charge on any atom is 0.260 e. The lowest BCUT2D eigenvalue weighted by Crippen LogP contribution is -3.13. The zero-order chi connectivity index (χ0) is 20.4. The number of hydrogen-bond donors (Lipinski definition) is 1. The molecule has 0 spiro atoms. The van der Waals surface area contributed by atoms with Gasteiger partial charge in [-0.2, -0.15) is 0 Å². The molecule has 2 aromatic rings. The fourth-order valence-electron chi connectivity index (χ4n) is 3.43. The van der Waals surface area contributed by atoms with E-state index >= 15 is 0 Å². The molecule has 9 heteroatoms. The average Bonchev–Trinajstić information content (AvgIpc) is 3.18. The molecule has 2 aliphatic heterocycles. The number of carbonyl (C=O) groups is 1. The molecule has 0 aromatic heterocycles. The van der Waals surface area contributed by atoms with E-state index in [-0.39, 0.29) is 19.3 Å². The highest BCUT2D eigenvalue weighted by molar-refractivity contribution is 6.43. The van der Waals surface area contributed by atoms with Gasteiger partial charge in [-0.05, 0) is 24.3 Å². The molecule has 2 aromatic carbocycles. The van der Waals surface area contributed by atoms with Crippen molar-refractivity contribution in [1.82, 2.24) is 4.90 Å². The van der Waals surface area contributed by atoms with Crippen molar-refractivity contribution in [2.45, 2.75) is 6.54 Å². The minimum absolute atomic E-state index is 0.0748. The largest absolute Gasteiger partial charge is 0.482 e. The minimum atomic E-state index is -0.0881. The van der Waals surface area contributed by atoms with E-state index in [4.69, 9.17) is 49.0 Å². The highest BCUT2D eigenvalue weighted by Gasteiger charge is 2.25. The van der Waals surface area contributed by atoms with Crippen molar-refractivity contribution in [3.63, 3.8) is 0 Å². The third-order valence-electron chi connectivity index (χ3n) is 5.04. The Morgan fingerprint density at radius 1 is 1.00 bits per heavy atom. The molecule has 29 heavy (non-hydrogen) atoms. The number of nitrogens with one attached hydrogen (secondary N) is 1. The maximum atomic E-state index is 12.5. The normalized spacial score (nSPS) is 16.2. The van der Waals surface area contributed by atoms with Gasteiger partial charge in [0.15, 0.2) is 18.1 Å². The number of rotatable bonds is 5. The van der Waals surface area contributed by atoms with Gasteiger partial charge in [0.05, 0.1) is 41.2 Å². The van der Waals surface area contributed by atoms with Crippen molar-refractivity contribution in [3.05, 3.63) is 51.0 Å². The van der Waals surface area contributed by atoms with Crippen LogP contribution in [0.4, 0.5) is 0 Å². The van der Waals surface area contributed by atoms with Crippen LogP contribution >= 0.6 is 34.8 Å². The molecule has 0 bridgehead atoms. The van der Waals surface area contributed by atoms with E-state index in [0.29, 0.717) is 33.9 Å². The van der Waals surface area contributed by atoms with Crippen molar-refractivity contribution in [1.29, 1.82) is 0 Å². The lowest BCUT2D eigenvalue weighted by Gasteiger charge is -2.32. The summed E-state index contributed by atoms with van der Waals surface area (Å²) in [6.45, 7) is 4.17. The summed E-state index contributed by atoms with van der Waals surface area (Å²) in [6.07, 6.45) is 0. The van der Waals surface area contributed by atoms with E-state index in [1.165, 1.54) is 22.6 Å². The summed E-state index contributed by atoms with van der Waals surface area (Å²) in [6, 6.07) is 9.06. The van der Waals surface area contributed by atoms with Gasteiger partial charge in [0.2, 0.25) is 6.79 Å². The van der Waals surface area contributed by atoms with Gasteiger partial charge in [-0.1, -0.05) is 34.8 Å². The summed E-state index contributed by atoms with van der Waals surface area (Å²) in [5, 5.41) is 1.00. The third-order valence-corrected chi connectivity index (χ3v) is 6.06. The standard InChI is InChI=1S/C20H19Cl3N2O4/c21-14-8-16(23)18(9-15(14)22)27-11-20(26)25-5-3-24(4-6-25)10-13-1-2-17-19(7-13)29-12-28-17/h1-2,7-9H,3-6,10-12H2/p+1. The van der Waals surface area contributed by atoms with E-state index < -0.39 is 0 Å². The predicted octanol–water partition coefficient (Wildman–Crippen LogP) is 2.68. The number of ether oxygens (including phenoxy) is 3. The van der Waals surface area contributed by atoms with Crippen LogP contribution in [0.15, 0.2) is 30.3 Å². The molecule has 2 aliphatic rings. The number of amides is 1. The molecule has 4 rings (SSSR count). The second-order valence-electron chi connectivity index (χ2n) is 6.98. The smallest absolute Gasteiger partial charge is 0.260 e. The first-order valence-electron chi connectivity index (χ1n) is 9.27. The number of halogens is 3. The van der Waals surface area contributed by atoms with Gasteiger partial charge in [-0.15, -0.1) is 0 Å². The molecule has 154 valence electrons. The van der Waals surface area contributed by atoms with E-state index in [2.05, 4.69) is 6.07 Å². The Balaban J connectivity index is 1.26. The Morgan fingerprint density at radius 3 is 2.52 bits per heavy atom. The molecule has 0 atom stereocenters. The molecule has 1 fully saturated rings. The molecular weight excluding hydrogens is 439 g/mol. The van der Waals surface area contributed by atoms with E-state index in [1.54, 1.807) is 0 Å². The molecular formula is C20H20Cl3N2O4+. The Labute approximate surface area is 183 Å².